The molecule has 3 fully saturated rings. The summed E-state index contributed by atoms with van der Waals surface area (Å²) in [5, 5.41) is 3.89. The van der Waals surface area contributed by atoms with Crippen LogP contribution in [0.1, 0.15) is 79.1 Å². The average Bonchev–Trinajstić information content (AvgIpc) is 2.46. The van der Waals surface area contributed by atoms with Crippen molar-refractivity contribution >= 4 is 0 Å². The van der Waals surface area contributed by atoms with Crippen molar-refractivity contribution in [2.75, 3.05) is 6.54 Å². The Balaban J connectivity index is 1.58. The molecule has 122 valence electrons. The molecule has 2 saturated carbocycles. The van der Waals surface area contributed by atoms with Crippen LogP contribution in [0.15, 0.2) is 0 Å². The molecule has 0 bridgehead atoms. The molecule has 1 heterocycles. The minimum atomic E-state index is 0.182. The van der Waals surface area contributed by atoms with Crippen LogP contribution in [0.5, 0.6) is 0 Å². The molecule has 3 unspecified atom stereocenters. The number of fused-ring (bicyclic) bond motifs is 1. The molecule has 1 spiro atoms. The molecule has 1 N–H and O–H groups in total. The van der Waals surface area contributed by atoms with Crippen LogP contribution in [0.25, 0.3) is 0 Å². The summed E-state index contributed by atoms with van der Waals surface area (Å²) in [5.74, 6) is 1.80. The van der Waals surface area contributed by atoms with Crippen molar-refractivity contribution in [1.82, 2.24) is 5.32 Å². The minimum absolute atomic E-state index is 0.182. The van der Waals surface area contributed by atoms with Gasteiger partial charge in [-0.05, 0) is 62.2 Å². The molecule has 3 aliphatic rings. The lowest BCUT2D eigenvalue weighted by molar-refractivity contribution is -0.171. The van der Waals surface area contributed by atoms with Gasteiger partial charge in [-0.1, -0.05) is 34.1 Å². The van der Waals surface area contributed by atoms with Crippen molar-refractivity contribution < 1.29 is 4.74 Å². The van der Waals surface area contributed by atoms with Gasteiger partial charge in [-0.2, -0.15) is 0 Å². The number of nitrogens with one attached hydrogen (secondary N) is 1. The molecule has 0 aromatic heterocycles. The van der Waals surface area contributed by atoms with Gasteiger partial charge in [-0.15, -0.1) is 0 Å². The topological polar surface area (TPSA) is 21.3 Å². The van der Waals surface area contributed by atoms with E-state index in [2.05, 4.69) is 33.0 Å². The van der Waals surface area contributed by atoms with E-state index >= 15 is 0 Å². The molecule has 2 nitrogen and oxygen atoms in total. The van der Waals surface area contributed by atoms with Crippen molar-refractivity contribution in [1.29, 1.82) is 0 Å². The highest BCUT2D eigenvalue weighted by Gasteiger charge is 2.46. The Bertz CT molecular complexity index is 351. The summed E-state index contributed by atoms with van der Waals surface area (Å²) >= 11 is 0. The fourth-order valence-electron chi connectivity index (χ4n) is 4.87. The van der Waals surface area contributed by atoms with Crippen molar-refractivity contribution in [2.24, 2.45) is 17.3 Å². The maximum absolute atomic E-state index is 6.71. The Labute approximate surface area is 131 Å². The molecular weight excluding hydrogens is 258 g/mol. The first-order valence-electron chi connectivity index (χ1n) is 9.33. The summed E-state index contributed by atoms with van der Waals surface area (Å²) in [6.07, 6.45) is 11.1. The smallest absolute Gasteiger partial charge is 0.0811 e. The number of ether oxygens (including phenoxy) is 1. The molecule has 0 aromatic rings. The van der Waals surface area contributed by atoms with Gasteiger partial charge in [0.15, 0.2) is 0 Å². The molecule has 2 aliphatic carbocycles. The van der Waals surface area contributed by atoms with E-state index in [-0.39, 0.29) is 5.60 Å². The molecule has 2 heteroatoms. The molecule has 3 atom stereocenters. The van der Waals surface area contributed by atoms with Gasteiger partial charge in [0, 0.05) is 12.6 Å². The van der Waals surface area contributed by atoms with Crippen LogP contribution in [-0.2, 0) is 4.74 Å². The third-order valence-corrected chi connectivity index (χ3v) is 6.69. The SMILES string of the molecule is CCC1CCC2(CC1)CNC1CC(C(C)(C)C)CCC1O2. The van der Waals surface area contributed by atoms with E-state index < -0.39 is 0 Å². The summed E-state index contributed by atoms with van der Waals surface area (Å²) in [5.41, 5.74) is 0.627. The highest BCUT2D eigenvalue weighted by atomic mass is 16.5. The van der Waals surface area contributed by atoms with Crippen molar-refractivity contribution in [3.8, 4) is 0 Å². The third-order valence-electron chi connectivity index (χ3n) is 6.69. The van der Waals surface area contributed by atoms with Crippen molar-refractivity contribution in [3.05, 3.63) is 0 Å². The summed E-state index contributed by atoms with van der Waals surface area (Å²) in [7, 11) is 0. The largest absolute Gasteiger partial charge is 0.369 e. The van der Waals surface area contributed by atoms with E-state index in [4.69, 9.17) is 4.74 Å². The second-order valence-corrected chi connectivity index (χ2v) is 9.05. The van der Waals surface area contributed by atoms with E-state index in [1.807, 2.05) is 0 Å². The lowest BCUT2D eigenvalue weighted by Crippen LogP contribution is -2.62. The number of rotatable bonds is 1. The van der Waals surface area contributed by atoms with Gasteiger partial charge >= 0.3 is 0 Å². The molecule has 1 saturated heterocycles. The molecule has 0 radical (unpaired) electrons. The fraction of sp³-hybridized carbons (Fsp3) is 1.00. The first kappa shape index (κ1) is 15.8. The normalized spacial score (nSPS) is 44.6. The predicted octanol–water partition coefficient (Wildman–Crippen LogP) is 4.53. The molecule has 3 rings (SSSR count). The van der Waals surface area contributed by atoms with Gasteiger partial charge in [-0.3, -0.25) is 0 Å². The van der Waals surface area contributed by atoms with Crippen LogP contribution in [0.3, 0.4) is 0 Å². The van der Waals surface area contributed by atoms with Crippen LogP contribution < -0.4 is 5.32 Å². The second-order valence-electron chi connectivity index (χ2n) is 9.05. The minimum Gasteiger partial charge on any atom is -0.369 e. The maximum atomic E-state index is 6.71. The van der Waals surface area contributed by atoms with E-state index in [1.54, 1.807) is 0 Å². The quantitative estimate of drug-likeness (QED) is 0.767. The highest BCUT2D eigenvalue weighted by Crippen LogP contribution is 2.44. The maximum Gasteiger partial charge on any atom is 0.0811 e. The Hall–Kier alpha value is -0.0800. The van der Waals surface area contributed by atoms with Crippen LogP contribution >= 0.6 is 0 Å². The predicted molar refractivity (Wildman–Crippen MR) is 88.4 cm³/mol. The standard InChI is InChI=1S/C19H35NO/c1-5-14-8-10-19(11-9-14)13-20-16-12-15(18(2,3)4)6-7-17(16)21-19/h14-17,20H,5-13H2,1-4H3. The summed E-state index contributed by atoms with van der Waals surface area (Å²) in [4.78, 5) is 0. The Kier molecular flexibility index (Phi) is 4.40. The Morgan fingerprint density at radius 2 is 1.81 bits per heavy atom. The van der Waals surface area contributed by atoms with Crippen molar-refractivity contribution in [3.63, 3.8) is 0 Å². The van der Waals surface area contributed by atoms with E-state index in [0.29, 0.717) is 17.6 Å². The number of morpholine rings is 1. The Morgan fingerprint density at radius 1 is 1.10 bits per heavy atom. The highest BCUT2D eigenvalue weighted by molar-refractivity contribution is 5.00. The van der Waals surface area contributed by atoms with Gasteiger partial charge in [0.05, 0.1) is 11.7 Å². The lowest BCUT2D eigenvalue weighted by Gasteiger charge is -2.52. The first-order valence-corrected chi connectivity index (χ1v) is 9.33. The summed E-state index contributed by atoms with van der Waals surface area (Å²) in [6.45, 7) is 10.6. The average molecular weight is 293 g/mol. The Morgan fingerprint density at radius 3 is 2.43 bits per heavy atom. The van der Waals surface area contributed by atoms with Gasteiger partial charge in [-0.25, -0.2) is 0 Å². The summed E-state index contributed by atoms with van der Waals surface area (Å²) < 4.78 is 6.71. The van der Waals surface area contributed by atoms with Gasteiger partial charge in [0.2, 0.25) is 0 Å². The molecule has 1 aliphatic heterocycles. The third kappa shape index (κ3) is 3.32. The lowest BCUT2D eigenvalue weighted by atomic mass is 9.69. The first-order chi connectivity index (χ1) is 9.92. The van der Waals surface area contributed by atoms with E-state index in [0.717, 1.165) is 18.4 Å². The molecular formula is C19H35NO. The van der Waals surface area contributed by atoms with Crippen LogP contribution in [0, 0.1) is 17.3 Å². The zero-order valence-electron chi connectivity index (χ0n) is 14.6. The zero-order valence-corrected chi connectivity index (χ0v) is 14.6. The molecule has 21 heavy (non-hydrogen) atoms. The van der Waals surface area contributed by atoms with Crippen LogP contribution in [0.4, 0.5) is 0 Å². The zero-order chi connectivity index (χ0) is 15.1. The fourth-order valence-corrected chi connectivity index (χ4v) is 4.87. The second kappa shape index (κ2) is 5.85. The van der Waals surface area contributed by atoms with Gasteiger partial charge in [0.25, 0.3) is 0 Å². The number of hydrogen-bond acceptors (Lipinski definition) is 2. The van der Waals surface area contributed by atoms with Gasteiger partial charge in [0.1, 0.15) is 0 Å². The van der Waals surface area contributed by atoms with E-state index in [9.17, 15) is 0 Å². The van der Waals surface area contributed by atoms with Crippen LogP contribution in [0.2, 0.25) is 0 Å². The van der Waals surface area contributed by atoms with E-state index in [1.165, 1.54) is 51.4 Å². The molecule has 0 amide bonds. The van der Waals surface area contributed by atoms with Gasteiger partial charge < -0.3 is 10.1 Å². The summed E-state index contributed by atoms with van der Waals surface area (Å²) in [6, 6.07) is 0.609. The van der Waals surface area contributed by atoms with Crippen molar-refractivity contribution in [2.45, 2.75) is 96.8 Å². The molecule has 0 aromatic carbocycles. The monoisotopic (exact) mass is 293 g/mol. The number of hydrogen-bond donors (Lipinski definition) is 1. The van der Waals surface area contributed by atoms with Crippen LogP contribution in [-0.4, -0.2) is 24.3 Å².